The summed E-state index contributed by atoms with van der Waals surface area (Å²) < 4.78 is 0. The van der Waals surface area contributed by atoms with Crippen LogP contribution in [0.1, 0.15) is 56.8 Å². The van der Waals surface area contributed by atoms with Gasteiger partial charge in [0.25, 0.3) is 5.91 Å². The van der Waals surface area contributed by atoms with E-state index in [-0.39, 0.29) is 5.91 Å². The summed E-state index contributed by atoms with van der Waals surface area (Å²) in [7, 11) is 0. The summed E-state index contributed by atoms with van der Waals surface area (Å²) in [6.45, 7) is 6.89. The minimum absolute atomic E-state index is 0.191. The fourth-order valence-corrected chi connectivity index (χ4v) is 2.62. The van der Waals surface area contributed by atoms with Crippen LogP contribution in [0.3, 0.4) is 0 Å². The predicted molar refractivity (Wildman–Crippen MR) is 80.6 cm³/mol. The third-order valence-electron chi connectivity index (χ3n) is 4.03. The number of rotatable bonds is 2. The molecule has 1 fully saturated rings. The van der Waals surface area contributed by atoms with E-state index in [1.807, 2.05) is 0 Å². The van der Waals surface area contributed by atoms with Crippen LogP contribution >= 0.6 is 0 Å². The Bertz CT molecular complexity index is 478. The van der Waals surface area contributed by atoms with Gasteiger partial charge in [-0.15, -0.1) is 0 Å². The molecule has 0 atom stereocenters. The average Bonchev–Trinajstić information content (AvgIpc) is 2.45. The highest BCUT2D eigenvalue weighted by atomic mass is 16.2. The molecule has 20 heavy (non-hydrogen) atoms. The average molecular weight is 273 g/mol. The lowest BCUT2D eigenvalue weighted by Crippen LogP contribution is -2.27. The number of amides is 1. The van der Waals surface area contributed by atoms with Gasteiger partial charge in [-0.05, 0) is 49.1 Å². The van der Waals surface area contributed by atoms with E-state index in [2.05, 4.69) is 36.3 Å². The fraction of sp³-hybridized carbons (Fsp3) is 0.562. The molecule has 1 N–H and O–H groups in total. The van der Waals surface area contributed by atoms with Gasteiger partial charge >= 0.3 is 0 Å². The Kier molecular flexibility index (Phi) is 4.53. The molecule has 1 heterocycles. The molecule has 0 radical (unpaired) electrons. The molecule has 2 rings (SSSR count). The highest BCUT2D eigenvalue weighted by molar-refractivity contribution is 5.95. The molecular weight excluding hydrogens is 250 g/mol. The van der Waals surface area contributed by atoms with Crippen LogP contribution in [-0.2, 0) is 0 Å². The first-order chi connectivity index (χ1) is 9.47. The second-order valence-electron chi connectivity index (χ2n) is 6.50. The van der Waals surface area contributed by atoms with E-state index >= 15 is 0 Å². The Hall–Kier alpha value is -1.71. The number of hydrazone groups is 1. The van der Waals surface area contributed by atoms with Crippen LogP contribution in [0.25, 0.3) is 0 Å². The van der Waals surface area contributed by atoms with E-state index in [1.165, 1.54) is 0 Å². The van der Waals surface area contributed by atoms with Gasteiger partial charge in [-0.2, -0.15) is 5.10 Å². The summed E-state index contributed by atoms with van der Waals surface area (Å²) >= 11 is 0. The highest BCUT2D eigenvalue weighted by Crippen LogP contribution is 2.36. The van der Waals surface area contributed by atoms with E-state index in [9.17, 15) is 4.79 Å². The van der Waals surface area contributed by atoms with E-state index in [0.717, 1.165) is 37.3 Å². The third kappa shape index (κ3) is 3.89. The van der Waals surface area contributed by atoms with Crippen LogP contribution in [0.2, 0.25) is 0 Å². The van der Waals surface area contributed by atoms with Gasteiger partial charge in [0, 0.05) is 18.1 Å². The van der Waals surface area contributed by atoms with Crippen LogP contribution < -0.4 is 5.43 Å². The Morgan fingerprint density at radius 2 is 2.05 bits per heavy atom. The molecule has 0 bridgehead atoms. The molecule has 0 spiro atoms. The lowest BCUT2D eigenvalue weighted by molar-refractivity contribution is 0.0954. The van der Waals surface area contributed by atoms with Crippen molar-refractivity contribution in [2.24, 2.45) is 16.4 Å². The molecule has 1 aliphatic carbocycles. The molecule has 1 aromatic heterocycles. The number of nitrogens with one attached hydrogen (secondary N) is 1. The Morgan fingerprint density at radius 1 is 1.35 bits per heavy atom. The Labute approximate surface area is 120 Å². The maximum atomic E-state index is 11.9. The summed E-state index contributed by atoms with van der Waals surface area (Å²) in [5, 5.41) is 4.27. The lowest BCUT2D eigenvalue weighted by atomic mass is 9.72. The molecule has 0 unspecified atom stereocenters. The molecule has 1 aromatic rings. The lowest BCUT2D eigenvalue weighted by Gasteiger charge is -2.34. The summed E-state index contributed by atoms with van der Waals surface area (Å²) in [6.07, 6.45) is 7.48. The number of aromatic nitrogens is 1. The topological polar surface area (TPSA) is 54.4 Å². The Morgan fingerprint density at radius 3 is 2.60 bits per heavy atom. The monoisotopic (exact) mass is 273 g/mol. The molecule has 108 valence electrons. The second kappa shape index (κ2) is 6.16. The summed E-state index contributed by atoms with van der Waals surface area (Å²) in [6, 6.07) is 3.48. The molecule has 0 aromatic carbocycles. The normalized spacial score (nSPS) is 19.6. The molecular formula is C16H23N3O. The van der Waals surface area contributed by atoms with Gasteiger partial charge in [0.2, 0.25) is 0 Å². The van der Waals surface area contributed by atoms with Gasteiger partial charge in [-0.25, -0.2) is 5.43 Å². The van der Waals surface area contributed by atoms with Gasteiger partial charge < -0.3 is 0 Å². The summed E-state index contributed by atoms with van der Waals surface area (Å²) in [5.41, 5.74) is 4.64. The summed E-state index contributed by atoms with van der Waals surface area (Å²) in [5.74, 6) is 0.555. The van der Waals surface area contributed by atoms with Crippen molar-refractivity contribution >= 4 is 11.6 Å². The van der Waals surface area contributed by atoms with Gasteiger partial charge in [-0.3, -0.25) is 9.78 Å². The van der Waals surface area contributed by atoms with Crippen molar-refractivity contribution in [2.45, 2.75) is 46.5 Å². The van der Waals surface area contributed by atoms with E-state index < -0.39 is 0 Å². The smallest absolute Gasteiger partial charge is 0.267 e. The largest absolute Gasteiger partial charge is 0.272 e. The molecule has 4 nitrogen and oxygen atoms in total. The van der Waals surface area contributed by atoms with E-state index in [4.69, 9.17) is 0 Å². The zero-order chi connectivity index (χ0) is 14.6. The first kappa shape index (κ1) is 14.7. The minimum atomic E-state index is -0.191. The van der Waals surface area contributed by atoms with Crippen LogP contribution in [0, 0.1) is 11.3 Å². The molecule has 0 aliphatic heterocycles. The number of carbonyl (C=O) groups excluding carboxylic acids is 1. The fourth-order valence-electron chi connectivity index (χ4n) is 2.62. The van der Waals surface area contributed by atoms with E-state index in [1.54, 1.807) is 24.5 Å². The van der Waals surface area contributed by atoms with Gasteiger partial charge in [0.1, 0.15) is 0 Å². The quantitative estimate of drug-likeness (QED) is 0.840. The zero-order valence-corrected chi connectivity index (χ0v) is 12.5. The van der Waals surface area contributed by atoms with Crippen LogP contribution in [0.4, 0.5) is 0 Å². The Balaban J connectivity index is 1.87. The third-order valence-corrected chi connectivity index (χ3v) is 4.03. The maximum absolute atomic E-state index is 11.9. The standard InChI is InChI=1S/C16H23N3O/c1-16(2,3)13-6-8-14(9-7-13)18-19-15(20)12-5-4-10-17-11-12/h4-5,10-11,13H,6-9H2,1-3H3,(H,19,20). The van der Waals surface area contributed by atoms with Crippen molar-refractivity contribution in [3.8, 4) is 0 Å². The SMILES string of the molecule is CC(C)(C)C1CCC(=NNC(=O)c2cccnc2)CC1. The number of nitrogens with zero attached hydrogens (tertiary/aromatic N) is 2. The maximum Gasteiger partial charge on any atom is 0.272 e. The first-order valence-electron chi connectivity index (χ1n) is 7.22. The number of hydrogen-bond acceptors (Lipinski definition) is 3. The first-order valence-corrected chi connectivity index (χ1v) is 7.22. The van der Waals surface area contributed by atoms with Crippen molar-refractivity contribution in [3.05, 3.63) is 30.1 Å². The van der Waals surface area contributed by atoms with Gasteiger partial charge in [-0.1, -0.05) is 20.8 Å². The highest BCUT2D eigenvalue weighted by Gasteiger charge is 2.28. The van der Waals surface area contributed by atoms with E-state index in [0.29, 0.717) is 11.0 Å². The molecule has 1 saturated carbocycles. The van der Waals surface area contributed by atoms with Gasteiger partial charge in [0.05, 0.1) is 5.56 Å². The van der Waals surface area contributed by atoms with Crippen molar-refractivity contribution in [3.63, 3.8) is 0 Å². The van der Waals surface area contributed by atoms with Crippen molar-refractivity contribution in [2.75, 3.05) is 0 Å². The number of hydrogen-bond donors (Lipinski definition) is 1. The summed E-state index contributed by atoms with van der Waals surface area (Å²) in [4.78, 5) is 15.8. The van der Waals surface area contributed by atoms with Crippen LogP contribution in [0.15, 0.2) is 29.6 Å². The van der Waals surface area contributed by atoms with Crippen molar-refractivity contribution in [1.82, 2.24) is 10.4 Å². The van der Waals surface area contributed by atoms with Gasteiger partial charge in [0.15, 0.2) is 0 Å². The molecule has 1 amide bonds. The number of pyridine rings is 1. The molecule has 4 heteroatoms. The molecule has 1 aliphatic rings. The zero-order valence-electron chi connectivity index (χ0n) is 12.5. The van der Waals surface area contributed by atoms with Crippen LogP contribution in [-0.4, -0.2) is 16.6 Å². The second-order valence-corrected chi connectivity index (χ2v) is 6.50. The minimum Gasteiger partial charge on any atom is -0.267 e. The van der Waals surface area contributed by atoms with Crippen molar-refractivity contribution < 1.29 is 4.79 Å². The van der Waals surface area contributed by atoms with Crippen LogP contribution in [0.5, 0.6) is 0 Å². The predicted octanol–water partition coefficient (Wildman–Crippen LogP) is 3.40. The van der Waals surface area contributed by atoms with Crippen molar-refractivity contribution in [1.29, 1.82) is 0 Å². The number of carbonyl (C=O) groups is 1. The molecule has 0 saturated heterocycles.